The highest BCUT2D eigenvalue weighted by Crippen LogP contribution is 2.32. The summed E-state index contributed by atoms with van der Waals surface area (Å²) in [7, 11) is 4.75. The Kier molecular flexibility index (Phi) is 6.58. The Morgan fingerprint density at radius 2 is 1.52 bits per heavy atom. The zero-order valence-corrected chi connectivity index (χ0v) is 16.6. The zero-order chi connectivity index (χ0) is 20.6. The Labute approximate surface area is 170 Å². The molecule has 3 rings (SSSR count). The Balaban J connectivity index is 1.88. The first-order valence-corrected chi connectivity index (χ1v) is 9.13. The fraction of sp³-hybridized carbons (Fsp3) is 0.174. The van der Waals surface area contributed by atoms with Gasteiger partial charge in [0.2, 0.25) is 0 Å². The molecular weight excluding hydrogens is 368 g/mol. The molecule has 0 aromatic heterocycles. The van der Waals surface area contributed by atoms with Crippen LogP contribution in [0.2, 0.25) is 0 Å². The average Bonchev–Trinajstić information content (AvgIpc) is 2.77. The second kappa shape index (κ2) is 9.50. The third kappa shape index (κ3) is 4.99. The summed E-state index contributed by atoms with van der Waals surface area (Å²) in [6.45, 7) is 0. The number of methoxy groups -OCH3 is 3. The molecule has 1 atom stereocenters. The van der Waals surface area contributed by atoms with Crippen molar-refractivity contribution in [2.75, 3.05) is 32.0 Å². The molecule has 2 N–H and O–H groups in total. The van der Waals surface area contributed by atoms with Crippen LogP contribution < -0.4 is 24.8 Å². The van der Waals surface area contributed by atoms with Gasteiger partial charge < -0.3 is 24.8 Å². The highest BCUT2D eigenvalue weighted by atomic mass is 16.5. The Bertz CT molecular complexity index is 960. The summed E-state index contributed by atoms with van der Waals surface area (Å²) in [5.41, 5.74) is 2.23. The summed E-state index contributed by atoms with van der Waals surface area (Å²) >= 11 is 0. The molecule has 3 aromatic carbocycles. The molecule has 0 saturated heterocycles. The summed E-state index contributed by atoms with van der Waals surface area (Å²) in [6.07, 6.45) is 0. The van der Waals surface area contributed by atoms with E-state index >= 15 is 0 Å². The van der Waals surface area contributed by atoms with Crippen molar-refractivity contribution in [3.8, 4) is 17.2 Å². The van der Waals surface area contributed by atoms with Gasteiger partial charge in [-0.1, -0.05) is 36.4 Å². The molecule has 0 aliphatic heterocycles. The quantitative estimate of drug-likeness (QED) is 0.591. The fourth-order valence-electron chi connectivity index (χ4n) is 2.95. The smallest absolute Gasteiger partial charge is 0.251 e. The molecule has 6 heteroatoms. The number of benzene rings is 3. The van der Waals surface area contributed by atoms with Gasteiger partial charge in [-0.05, 0) is 29.8 Å². The van der Waals surface area contributed by atoms with Crippen LogP contribution in [0.15, 0.2) is 72.8 Å². The van der Waals surface area contributed by atoms with Crippen LogP contribution in [0, 0.1) is 0 Å². The number of carbonyl (C=O) groups is 1. The molecule has 0 heterocycles. The summed E-state index contributed by atoms with van der Waals surface area (Å²) in [5, 5.41) is 6.24. The lowest BCUT2D eigenvalue weighted by atomic mass is 10.1. The molecule has 0 fully saturated rings. The van der Waals surface area contributed by atoms with Gasteiger partial charge in [-0.25, -0.2) is 0 Å². The molecule has 6 nitrogen and oxygen atoms in total. The van der Waals surface area contributed by atoms with Crippen molar-refractivity contribution < 1.29 is 19.0 Å². The van der Waals surface area contributed by atoms with Crippen molar-refractivity contribution in [3.63, 3.8) is 0 Å². The minimum absolute atomic E-state index is 0.195. The lowest BCUT2D eigenvalue weighted by Gasteiger charge is -2.21. The molecule has 0 aliphatic rings. The molecule has 0 unspecified atom stereocenters. The first-order chi connectivity index (χ1) is 14.1. The third-order valence-corrected chi connectivity index (χ3v) is 4.43. The van der Waals surface area contributed by atoms with Crippen molar-refractivity contribution >= 4 is 17.3 Å². The van der Waals surface area contributed by atoms with Gasteiger partial charge in [-0.3, -0.25) is 4.79 Å². The van der Waals surface area contributed by atoms with Gasteiger partial charge in [-0.15, -0.1) is 0 Å². The van der Waals surface area contributed by atoms with Crippen LogP contribution in [0.25, 0.3) is 0 Å². The summed E-state index contributed by atoms with van der Waals surface area (Å²) in [4.78, 5) is 13.1. The van der Waals surface area contributed by atoms with Crippen molar-refractivity contribution in [2.24, 2.45) is 0 Å². The number of hydrogen-bond donors (Lipinski definition) is 2. The van der Waals surface area contributed by atoms with Gasteiger partial charge >= 0.3 is 0 Å². The number of nitrogens with one attached hydrogen (secondary N) is 2. The molecule has 0 radical (unpaired) electrons. The van der Waals surface area contributed by atoms with Gasteiger partial charge in [0, 0.05) is 23.5 Å². The molecule has 0 aliphatic carbocycles. The summed E-state index contributed by atoms with van der Waals surface area (Å²) < 4.78 is 15.9. The molecule has 150 valence electrons. The summed E-state index contributed by atoms with van der Waals surface area (Å²) in [5.74, 6) is 1.68. The number of hydrogen-bond acceptors (Lipinski definition) is 5. The van der Waals surface area contributed by atoms with Crippen molar-refractivity contribution in [1.29, 1.82) is 0 Å². The van der Waals surface area contributed by atoms with Crippen LogP contribution in [0.3, 0.4) is 0 Å². The normalized spacial score (nSPS) is 11.3. The van der Waals surface area contributed by atoms with E-state index in [1.807, 2.05) is 54.6 Å². The van der Waals surface area contributed by atoms with Crippen LogP contribution in [0.1, 0.15) is 11.6 Å². The second-order valence-corrected chi connectivity index (χ2v) is 6.28. The summed E-state index contributed by atoms with van der Waals surface area (Å²) in [6, 6.07) is 21.6. The van der Waals surface area contributed by atoms with E-state index in [2.05, 4.69) is 10.6 Å². The fourth-order valence-corrected chi connectivity index (χ4v) is 2.95. The zero-order valence-electron chi connectivity index (χ0n) is 16.6. The predicted molar refractivity (Wildman–Crippen MR) is 114 cm³/mol. The standard InChI is InChI=1S/C23H24N2O4/c1-27-19-11-7-10-17(14-19)25-23(26)22(16-8-5-4-6-9-16)24-18-12-13-20(28-2)21(15-18)29-3/h4-15,22,24H,1-3H3,(H,25,26)/t22-/m1/s1. The van der Waals surface area contributed by atoms with Gasteiger partial charge in [0.1, 0.15) is 11.8 Å². The maximum atomic E-state index is 13.1. The SMILES string of the molecule is COc1cccc(NC(=O)[C@H](Nc2ccc(OC)c(OC)c2)c2ccccc2)c1. The predicted octanol–water partition coefficient (Wildman–Crippen LogP) is 4.50. The monoisotopic (exact) mass is 392 g/mol. The van der Waals surface area contributed by atoms with Gasteiger partial charge in [-0.2, -0.15) is 0 Å². The molecule has 1 amide bonds. The molecule has 3 aromatic rings. The highest BCUT2D eigenvalue weighted by Gasteiger charge is 2.21. The second-order valence-electron chi connectivity index (χ2n) is 6.28. The highest BCUT2D eigenvalue weighted by molar-refractivity contribution is 5.97. The van der Waals surface area contributed by atoms with Gasteiger partial charge in [0.25, 0.3) is 5.91 Å². The molecular formula is C23H24N2O4. The van der Waals surface area contributed by atoms with E-state index in [-0.39, 0.29) is 5.91 Å². The lowest BCUT2D eigenvalue weighted by Crippen LogP contribution is -2.27. The molecule has 0 spiro atoms. The Hall–Kier alpha value is -3.67. The van der Waals surface area contributed by atoms with Crippen LogP contribution in [-0.2, 0) is 4.79 Å². The minimum Gasteiger partial charge on any atom is -0.497 e. The van der Waals surface area contributed by atoms with Gasteiger partial charge in [0.15, 0.2) is 11.5 Å². The number of anilines is 2. The number of amides is 1. The Morgan fingerprint density at radius 1 is 0.759 bits per heavy atom. The minimum atomic E-state index is -0.611. The van der Waals surface area contributed by atoms with Crippen LogP contribution in [0.5, 0.6) is 17.2 Å². The topological polar surface area (TPSA) is 68.8 Å². The molecule has 0 saturated carbocycles. The van der Waals surface area contributed by atoms with E-state index in [0.29, 0.717) is 22.9 Å². The van der Waals surface area contributed by atoms with E-state index in [1.54, 1.807) is 39.5 Å². The maximum Gasteiger partial charge on any atom is 0.251 e. The maximum absolute atomic E-state index is 13.1. The number of rotatable bonds is 8. The van der Waals surface area contributed by atoms with E-state index in [1.165, 1.54) is 0 Å². The van der Waals surface area contributed by atoms with E-state index < -0.39 is 6.04 Å². The third-order valence-electron chi connectivity index (χ3n) is 4.43. The lowest BCUT2D eigenvalue weighted by molar-refractivity contribution is -0.117. The molecule has 29 heavy (non-hydrogen) atoms. The first kappa shape index (κ1) is 20.1. The van der Waals surface area contributed by atoms with Crippen molar-refractivity contribution in [1.82, 2.24) is 0 Å². The van der Waals surface area contributed by atoms with Crippen molar-refractivity contribution in [3.05, 3.63) is 78.4 Å². The van der Waals surface area contributed by atoms with E-state index in [4.69, 9.17) is 14.2 Å². The largest absolute Gasteiger partial charge is 0.497 e. The van der Waals surface area contributed by atoms with Crippen molar-refractivity contribution in [2.45, 2.75) is 6.04 Å². The van der Waals surface area contributed by atoms with E-state index in [0.717, 1.165) is 11.3 Å². The van der Waals surface area contributed by atoms with Crippen LogP contribution in [0.4, 0.5) is 11.4 Å². The van der Waals surface area contributed by atoms with E-state index in [9.17, 15) is 4.79 Å². The Morgan fingerprint density at radius 3 is 2.21 bits per heavy atom. The number of carbonyl (C=O) groups excluding carboxylic acids is 1. The van der Waals surface area contributed by atoms with Crippen LogP contribution in [-0.4, -0.2) is 27.2 Å². The van der Waals surface area contributed by atoms with Crippen LogP contribution >= 0.6 is 0 Å². The first-order valence-electron chi connectivity index (χ1n) is 9.13. The molecule has 0 bridgehead atoms. The number of ether oxygens (including phenoxy) is 3. The average molecular weight is 392 g/mol. The van der Waals surface area contributed by atoms with Gasteiger partial charge in [0.05, 0.1) is 21.3 Å².